The van der Waals surface area contributed by atoms with Crippen LogP contribution in [-0.4, -0.2) is 14.7 Å². The fraction of sp³-hybridized carbons (Fsp3) is 0.250. The summed E-state index contributed by atoms with van der Waals surface area (Å²) in [5, 5.41) is 3.40. The molecule has 3 aromatic rings. The third-order valence-electron chi connectivity index (χ3n) is 4.80. The fourth-order valence-electron chi connectivity index (χ4n) is 3.07. The Labute approximate surface area is 173 Å². The first-order valence-electron chi connectivity index (χ1n) is 9.57. The normalized spacial score (nSPS) is 11.3. The minimum absolute atomic E-state index is 0.0569. The maximum Gasteiger partial charge on any atom is 0.151 e. The molecule has 0 aliphatic rings. The van der Waals surface area contributed by atoms with Gasteiger partial charge in [0, 0.05) is 18.5 Å². The lowest BCUT2D eigenvalue weighted by Gasteiger charge is -2.13. The molecule has 0 fully saturated rings. The largest absolute Gasteiger partial charge is 0.489 e. The molecule has 3 aromatic carbocycles. The van der Waals surface area contributed by atoms with Crippen LogP contribution in [0.5, 0.6) is 5.75 Å². The summed E-state index contributed by atoms with van der Waals surface area (Å²) in [5.74, 6) is 0.891. The summed E-state index contributed by atoms with van der Waals surface area (Å²) in [5.41, 5.74) is 6.26. The first kappa shape index (κ1) is 20.9. The number of hydrogen-bond acceptors (Lipinski definition) is 4. The maximum absolute atomic E-state index is 11.6. The van der Waals surface area contributed by atoms with Crippen molar-refractivity contribution in [3.63, 3.8) is 0 Å². The van der Waals surface area contributed by atoms with Gasteiger partial charge in [0.05, 0.1) is 5.75 Å². The molecule has 0 aliphatic heterocycles. The summed E-state index contributed by atoms with van der Waals surface area (Å²) < 4.78 is 29.1. The van der Waals surface area contributed by atoms with Crippen LogP contribution in [-0.2, 0) is 28.7 Å². The van der Waals surface area contributed by atoms with Crippen molar-refractivity contribution in [1.29, 1.82) is 0 Å². The van der Waals surface area contributed by atoms with E-state index in [9.17, 15) is 8.42 Å². The minimum Gasteiger partial charge on any atom is -0.489 e. The summed E-state index contributed by atoms with van der Waals surface area (Å²) in [7, 11) is -3.06. The van der Waals surface area contributed by atoms with E-state index in [0.29, 0.717) is 13.2 Å². The second-order valence-corrected chi connectivity index (χ2v) is 9.57. The SMILES string of the molecule is Cc1ccc(COc2ccc(CNc3cccc(CS(C)(=O)=O)c3C)cc2)cc1. The second-order valence-electron chi connectivity index (χ2n) is 7.43. The van der Waals surface area contributed by atoms with Crippen LogP contribution in [0.4, 0.5) is 5.69 Å². The van der Waals surface area contributed by atoms with Crippen molar-refractivity contribution in [3.8, 4) is 5.75 Å². The third kappa shape index (κ3) is 6.36. The average Bonchev–Trinajstić information content (AvgIpc) is 2.68. The number of ether oxygens (including phenoxy) is 1. The lowest BCUT2D eigenvalue weighted by molar-refractivity contribution is 0.306. The van der Waals surface area contributed by atoms with E-state index in [1.165, 1.54) is 11.8 Å². The maximum atomic E-state index is 11.6. The predicted octanol–water partition coefficient (Wildman–Crippen LogP) is 5.04. The molecule has 0 spiro atoms. The van der Waals surface area contributed by atoms with Gasteiger partial charge in [0.2, 0.25) is 0 Å². The average molecular weight is 410 g/mol. The molecule has 0 unspecified atom stereocenters. The zero-order valence-electron chi connectivity index (χ0n) is 17.1. The van der Waals surface area contributed by atoms with Gasteiger partial charge in [-0.05, 0) is 54.3 Å². The van der Waals surface area contributed by atoms with Gasteiger partial charge in [-0.25, -0.2) is 8.42 Å². The van der Waals surface area contributed by atoms with Gasteiger partial charge in [0.1, 0.15) is 12.4 Å². The van der Waals surface area contributed by atoms with Gasteiger partial charge in [-0.1, -0.05) is 54.1 Å². The van der Waals surface area contributed by atoms with E-state index < -0.39 is 9.84 Å². The molecule has 5 heteroatoms. The van der Waals surface area contributed by atoms with E-state index in [1.807, 2.05) is 49.4 Å². The van der Waals surface area contributed by atoms with Crippen molar-refractivity contribution in [3.05, 3.63) is 94.5 Å². The van der Waals surface area contributed by atoms with Crippen LogP contribution in [0.25, 0.3) is 0 Å². The molecule has 0 amide bonds. The van der Waals surface area contributed by atoms with E-state index in [1.54, 1.807) is 0 Å². The van der Waals surface area contributed by atoms with Crippen molar-refractivity contribution >= 4 is 15.5 Å². The molecule has 0 saturated heterocycles. The first-order valence-corrected chi connectivity index (χ1v) is 11.6. The Bertz CT molecular complexity index is 1060. The topological polar surface area (TPSA) is 55.4 Å². The fourth-order valence-corrected chi connectivity index (χ4v) is 3.94. The monoisotopic (exact) mass is 409 g/mol. The molecular weight excluding hydrogens is 382 g/mol. The van der Waals surface area contributed by atoms with Gasteiger partial charge in [-0.2, -0.15) is 0 Å². The quantitative estimate of drug-likeness (QED) is 0.566. The number of rotatable bonds is 8. The Hall–Kier alpha value is -2.79. The summed E-state index contributed by atoms with van der Waals surface area (Å²) in [6.07, 6.45) is 1.26. The Balaban J connectivity index is 1.57. The smallest absolute Gasteiger partial charge is 0.151 e. The molecule has 4 nitrogen and oxygen atoms in total. The van der Waals surface area contributed by atoms with Crippen molar-refractivity contribution in [2.24, 2.45) is 0 Å². The second kappa shape index (κ2) is 9.14. The van der Waals surface area contributed by atoms with Gasteiger partial charge >= 0.3 is 0 Å². The Morgan fingerprint density at radius 2 is 1.52 bits per heavy atom. The highest BCUT2D eigenvalue weighted by atomic mass is 32.2. The van der Waals surface area contributed by atoms with Crippen LogP contribution in [0.2, 0.25) is 0 Å². The molecule has 0 atom stereocenters. The zero-order chi connectivity index (χ0) is 20.9. The Morgan fingerprint density at radius 3 is 2.17 bits per heavy atom. The standard InChI is InChI=1S/C24H27NO3S/c1-18-7-9-21(10-8-18)16-28-23-13-11-20(12-14-23)15-25-24-6-4-5-22(19(24)2)17-29(3,26)27/h4-14,25H,15-17H2,1-3H3. The molecule has 0 saturated carbocycles. The molecule has 0 aliphatic carbocycles. The summed E-state index contributed by atoms with van der Waals surface area (Å²) >= 11 is 0. The van der Waals surface area contributed by atoms with Crippen LogP contribution in [0.3, 0.4) is 0 Å². The molecule has 152 valence electrons. The number of aryl methyl sites for hydroxylation is 1. The molecule has 1 N–H and O–H groups in total. The van der Waals surface area contributed by atoms with E-state index in [4.69, 9.17) is 4.74 Å². The van der Waals surface area contributed by atoms with Crippen molar-refractivity contribution in [2.45, 2.75) is 32.8 Å². The Kier molecular flexibility index (Phi) is 6.60. The van der Waals surface area contributed by atoms with Crippen molar-refractivity contribution in [1.82, 2.24) is 0 Å². The Morgan fingerprint density at radius 1 is 0.862 bits per heavy atom. The molecule has 0 aromatic heterocycles. The number of anilines is 1. The van der Waals surface area contributed by atoms with Crippen LogP contribution in [0.1, 0.15) is 27.8 Å². The highest BCUT2D eigenvalue weighted by Gasteiger charge is 2.09. The van der Waals surface area contributed by atoms with Crippen LogP contribution < -0.4 is 10.1 Å². The predicted molar refractivity (Wildman–Crippen MR) is 119 cm³/mol. The van der Waals surface area contributed by atoms with E-state index in [0.717, 1.165) is 33.7 Å². The molecule has 0 heterocycles. The molecule has 3 rings (SSSR count). The highest BCUT2D eigenvalue weighted by molar-refractivity contribution is 7.89. The summed E-state index contributed by atoms with van der Waals surface area (Å²) in [6.45, 7) is 5.22. The summed E-state index contributed by atoms with van der Waals surface area (Å²) in [4.78, 5) is 0. The summed E-state index contributed by atoms with van der Waals surface area (Å²) in [6, 6.07) is 22.1. The number of hydrogen-bond donors (Lipinski definition) is 1. The van der Waals surface area contributed by atoms with E-state index >= 15 is 0 Å². The number of benzene rings is 3. The lowest BCUT2D eigenvalue weighted by Crippen LogP contribution is -2.06. The highest BCUT2D eigenvalue weighted by Crippen LogP contribution is 2.22. The zero-order valence-corrected chi connectivity index (χ0v) is 17.9. The van der Waals surface area contributed by atoms with Gasteiger partial charge < -0.3 is 10.1 Å². The van der Waals surface area contributed by atoms with E-state index in [-0.39, 0.29) is 5.75 Å². The molecule has 0 radical (unpaired) electrons. The molecule has 29 heavy (non-hydrogen) atoms. The van der Waals surface area contributed by atoms with E-state index in [2.05, 4.69) is 36.5 Å². The van der Waals surface area contributed by atoms with Gasteiger partial charge in [0.25, 0.3) is 0 Å². The third-order valence-corrected chi connectivity index (χ3v) is 5.63. The lowest BCUT2D eigenvalue weighted by atomic mass is 10.1. The minimum atomic E-state index is -3.06. The van der Waals surface area contributed by atoms with Gasteiger partial charge in [-0.15, -0.1) is 0 Å². The number of nitrogens with one attached hydrogen (secondary N) is 1. The number of sulfone groups is 1. The molecule has 0 bridgehead atoms. The molecular formula is C24H27NO3S. The van der Waals surface area contributed by atoms with Crippen LogP contribution in [0, 0.1) is 13.8 Å². The van der Waals surface area contributed by atoms with Gasteiger partial charge in [-0.3, -0.25) is 0 Å². The van der Waals surface area contributed by atoms with Gasteiger partial charge in [0.15, 0.2) is 9.84 Å². The van der Waals surface area contributed by atoms with Crippen LogP contribution in [0.15, 0.2) is 66.7 Å². The van der Waals surface area contributed by atoms with Crippen molar-refractivity contribution < 1.29 is 13.2 Å². The van der Waals surface area contributed by atoms with Crippen molar-refractivity contribution in [2.75, 3.05) is 11.6 Å². The first-order chi connectivity index (χ1) is 13.8. The van der Waals surface area contributed by atoms with Crippen LogP contribution >= 0.6 is 0 Å².